The predicted octanol–water partition coefficient (Wildman–Crippen LogP) is 15.8. The van der Waals surface area contributed by atoms with E-state index < -0.39 is 124 Å². The lowest BCUT2D eigenvalue weighted by Gasteiger charge is -2.48. The summed E-state index contributed by atoms with van der Waals surface area (Å²) >= 11 is 0. The Balaban J connectivity index is 1.37. The number of hydrogen-bond acceptors (Lipinski definition) is 18. The van der Waals surface area contributed by atoms with Gasteiger partial charge in [-0.05, 0) is 96.3 Å². The molecule has 19 nitrogen and oxygen atoms in total. The quantitative estimate of drug-likeness (QED) is 0.0199. The number of hydrogen-bond donors (Lipinski definition) is 12. The van der Waals surface area contributed by atoms with E-state index in [9.17, 15) is 61.0 Å². The third-order valence-corrected chi connectivity index (χ3v) is 20.7. The second-order valence-electron chi connectivity index (χ2n) is 30.3. The average molecular weight is 1540 g/mol. The highest BCUT2D eigenvalue weighted by Crippen LogP contribution is 2.33. The second-order valence-corrected chi connectivity index (χ2v) is 30.3. The molecule has 3 saturated heterocycles. The molecular weight excluding hydrogens is 1380 g/mol. The zero-order chi connectivity index (χ0) is 78.8. The molecule has 17 unspecified atom stereocenters. The smallest absolute Gasteiger partial charge is 0.220 e. The molecule has 0 spiro atoms. The van der Waals surface area contributed by atoms with E-state index in [4.69, 9.17) is 28.4 Å². The van der Waals surface area contributed by atoms with Crippen molar-refractivity contribution < 1.29 is 89.4 Å². The third-order valence-electron chi connectivity index (χ3n) is 20.7. The van der Waals surface area contributed by atoms with Crippen molar-refractivity contribution in [3.8, 4) is 0 Å². The summed E-state index contributed by atoms with van der Waals surface area (Å²) in [6, 6.07) is -1.00. The van der Waals surface area contributed by atoms with Crippen LogP contribution in [0.4, 0.5) is 0 Å². The number of aliphatic hydroxyl groups excluding tert-OH is 11. The van der Waals surface area contributed by atoms with Gasteiger partial charge in [-0.15, -0.1) is 0 Å². The largest absolute Gasteiger partial charge is 0.394 e. The van der Waals surface area contributed by atoms with E-state index >= 15 is 0 Å². The van der Waals surface area contributed by atoms with Crippen LogP contribution in [0.5, 0.6) is 0 Å². The molecule has 0 aromatic heterocycles. The van der Waals surface area contributed by atoms with Gasteiger partial charge in [0, 0.05) is 6.42 Å². The Labute approximate surface area is 658 Å². The van der Waals surface area contributed by atoms with Crippen LogP contribution in [0.3, 0.4) is 0 Å². The molecular formula is C90H155NO18. The standard InChI is InChI=1S/C90H155NO18/c1-3-5-7-9-11-13-15-17-19-21-23-25-27-29-31-33-34-35-36-37-38-40-42-44-46-48-50-52-54-56-58-60-62-64-66-68-78(96)91-73(74(95)67-65-63-61-59-57-55-53-51-49-47-45-43-41-39-32-30-28-26-24-22-20-18-16-14-12-10-8-6-4-2)72-104-88-84(102)81(99)86(76(70-93)106-88)109-90-85(103)82(100)87(77(71-94)107-90)108-89-83(101)80(98)79(97)75(69-92)105-89/h5,7,11,13,17,19,23,25,29,31,34-35,37-38,42,44,57,59,65,67,73-77,79-90,92-95,97-103H,3-4,6,8-10,12,14-16,18,20-22,24,26-28,30,32-33,36,39-41,43,45-56,58,60-64,66,68-72H2,1-2H3,(H,91,96)/b7-5-,13-11-,19-17-,25-23-,31-29-,35-34-,38-37-,44-42-,59-57+,67-65+. The first-order chi connectivity index (χ1) is 53.3. The number of nitrogens with one attached hydrogen (secondary N) is 1. The fourth-order valence-corrected chi connectivity index (χ4v) is 13.9. The van der Waals surface area contributed by atoms with Crippen LogP contribution in [0.25, 0.3) is 0 Å². The number of carbonyl (C=O) groups excluding carboxylic acids is 1. The van der Waals surface area contributed by atoms with Crippen molar-refractivity contribution in [3.63, 3.8) is 0 Å². The Hall–Kier alpha value is -3.81. The van der Waals surface area contributed by atoms with Gasteiger partial charge in [0.05, 0.1) is 38.6 Å². The number of rotatable bonds is 68. The van der Waals surface area contributed by atoms with E-state index in [1.165, 1.54) is 173 Å². The summed E-state index contributed by atoms with van der Waals surface area (Å²) in [4.78, 5) is 13.5. The van der Waals surface area contributed by atoms with E-state index in [0.29, 0.717) is 12.8 Å². The lowest BCUT2D eigenvalue weighted by molar-refractivity contribution is -0.379. The number of amides is 1. The van der Waals surface area contributed by atoms with Gasteiger partial charge in [0.2, 0.25) is 5.91 Å². The fraction of sp³-hybridized carbons (Fsp3) is 0.767. The summed E-state index contributed by atoms with van der Waals surface area (Å²) in [5.74, 6) is -0.292. The van der Waals surface area contributed by atoms with Crippen molar-refractivity contribution in [1.82, 2.24) is 5.32 Å². The van der Waals surface area contributed by atoms with Gasteiger partial charge >= 0.3 is 0 Å². The van der Waals surface area contributed by atoms with Crippen molar-refractivity contribution in [2.75, 3.05) is 26.4 Å². The minimum Gasteiger partial charge on any atom is -0.394 e. The Morgan fingerprint density at radius 2 is 0.642 bits per heavy atom. The summed E-state index contributed by atoms with van der Waals surface area (Å²) in [5.41, 5.74) is 0. The number of unbranched alkanes of at least 4 members (excludes halogenated alkanes) is 34. The van der Waals surface area contributed by atoms with E-state index in [2.05, 4.69) is 129 Å². The van der Waals surface area contributed by atoms with Crippen LogP contribution in [-0.2, 0) is 33.2 Å². The van der Waals surface area contributed by atoms with Crippen LogP contribution in [0.15, 0.2) is 122 Å². The molecule has 0 aliphatic carbocycles. The normalized spacial score (nSPS) is 25.9. The highest BCUT2D eigenvalue weighted by molar-refractivity contribution is 5.76. The predicted molar refractivity (Wildman–Crippen MR) is 438 cm³/mol. The van der Waals surface area contributed by atoms with Gasteiger partial charge in [0.1, 0.15) is 73.2 Å². The first-order valence-corrected chi connectivity index (χ1v) is 43.3. The molecule has 0 bridgehead atoms. The first kappa shape index (κ1) is 99.4. The SMILES string of the molecule is CC/C=C\C/C=C\C/C=C\C/C=C\C/C=C\C/C=C\C/C=C\C/C=C\CCCCCCCCCCCCC(=O)NC(COC1OC(CO)C(OC2OC(CO)C(OC3OC(CO)C(O)C(O)C3O)C(O)C2O)C(O)C1O)C(O)/C=C/CC/C=C/CCCCCCCCCCCCCCCCCCCCCCCCC. The minimum atomic E-state index is -1.99. The number of aliphatic hydroxyl groups is 11. The number of carbonyl (C=O) groups is 1. The van der Waals surface area contributed by atoms with Crippen molar-refractivity contribution in [2.24, 2.45) is 0 Å². The van der Waals surface area contributed by atoms with Crippen LogP contribution in [0.2, 0.25) is 0 Å². The van der Waals surface area contributed by atoms with E-state index in [0.717, 1.165) is 103 Å². The molecule has 3 fully saturated rings. The van der Waals surface area contributed by atoms with Gasteiger partial charge < -0.3 is 89.9 Å². The summed E-state index contributed by atoms with van der Waals surface area (Å²) in [6.07, 6.45) is 70.5. The van der Waals surface area contributed by atoms with Crippen LogP contribution >= 0.6 is 0 Å². The summed E-state index contributed by atoms with van der Waals surface area (Å²) < 4.78 is 34.5. The van der Waals surface area contributed by atoms with Crippen LogP contribution < -0.4 is 5.32 Å². The average Bonchev–Trinajstić information content (AvgIpc) is 0.749. The van der Waals surface area contributed by atoms with Crippen molar-refractivity contribution in [2.45, 2.75) is 413 Å². The molecule has 0 radical (unpaired) electrons. The van der Waals surface area contributed by atoms with Crippen LogP contribution in [-0.4, -0.2) is 193 Å². The molecule has 109 heavy (non-hydrogen) atoms. The minimum absolute atomic E-state index is 0.223. The van der Waals surface area contributed by atoms with Crippen LogP contribution in [0, 0.1) is 0 Å². The summed E-state index contributed by atoms with van der Waals surface area (Å²) in [6.45, 7) is 1.63. The second kappa shape index (κ2) is 68.6. The molecule has 17 atom stereocenters. The molecule has 1 amide bonds. The van der Waals surface area contributed by atoms with Crippen molar-refractivity contribution in [1.29, 1.82) is 0 Å². The molecule has 3 heterocycles. The van der Waals surface area contributed by atoms with Gasteiger partial charge in [0.25, 0.3) is 0 Å². The zero-order valence-electron chi connectivity index (χ0n) is 67.5. The molecule has 0 aromatic carbocycles. The summed E-state index contributed by atoms with van der Waals surface area (Å²) in [5, 5.41) is 121. The maximum Gasteiger partial charge on any atom is 0.220 e. The van der Waals surface area contributed by atoms with Crippen molar-refractivity contribution in [3.05, 3.63) is 122 Å². The van der Waals surface area contributed by atoms with E-state index in [-0.39, 0.29) is 18.9 Å². The highest BCUT2D eigenvalue weighted by atomic mass is 16.8. The Bertz CT molecular complexity index is 2440. The zero-order valence-corrected chi connectivity index (χ0v) is 67.5. The Kier molecular flexibility index (Phi) is 62.5. The Morgan fingerprint density at radius 3 is 1.03 bits per heavy atom. The monoisotopic (exact) mass is 1540 g/mol. The van der Waals surface area contributed by atoms with Gasteiger partial charge in [-0.3, -0.25) is 4.79 Å². The number of allylic oxidation sites excluding steroid dienone is 19. The maximum absolute atomic E-state index is 13.5. The topological polar surface area (TPSA) is 307 Å². The molecule has 3 aliphatic rings. The summed E-state index contributed by atoms with van der Waals surface area (Å²) in [7, 11) is 0. The lowest BCUT2D eigenvalue weighted by atomic mass is 9.96. The van der Waals surface area contributed by atoms with Gasteiger partial charge in [0.15, 0.2) is 18.9 Å². The Morgan fingerprint density at radius 1 is 0.339 bits per heavy atom. The third kappa shape index (κ3) is 47.6. The highest BCUT2D eigenvalue weighted by Gasteiger charge is 2.54. The molecule has 3 aliphatic heterocycles. The maximum atomic E-state index is 13.5. The molecule has 0 saturated carbocycles. The number of ether oxygens (including phenoxy) is 6. The first-order valence-electron chi connectivity index (χ1n) is 43.3. The molecule has 19 heteroatoms. The molecule has 3 rings (SSSR count). The fourth-order valence-electron chi connectivity index (χ4n) is 13.9. The molecule has 0 aromatic rings. The van der Waals surface area contributed by atoms with Gasteiger partial charge in [-0.25, -0.2) is 0 Å². The van der Waals surface area contributed by atoms with Gasteiger partial charge in [-0.2, -0.15) is 0 Å². The lowest BCUT2D eigenvalue weighted by Crippen LogP contribution is -2.66. The van der Waals surface area contributed by atoms with Crippen LogP contribution in [0.1, 0.15) is 309 Å². The van der Waals surface area contributed by atoms with E-state index in [1.54, 1.807) is 6.08 Å². The molecule has 628 valence electrons. The van der Waals surface area contributed by atoms with Gasteiger partial charge in [-0.1, -0.05) is 328 Å². The molecule has 12 N–H and O–H groups in total. The van der Waals surface area contributed by atoms with E-state index in [1.807, 2.05) is 6.08 Å². The van der Waals surface area contributed by atoms with Crippen molar-refractivity contribution >= 4 is 5.91 Å².